The van der Waals surface area contributed by atoms with E-state index >= 15 is 0 Å². The Morgan fingerprint density at radius 3 is 2.62 bits per heavy atom. The zero-order valence-corrected chi connectivity index (χ0v) is 7.75. The van der Waals surface area contributed by atoms with Gasteiger partial charge in [0.2, 0.25) is 5.91 Å². The number of hydrogen-bond acceptors (Lipinski definition) is 2. The van der Waals surface area contributed by atoms with Crippen molar-refractivity contribution in [2.45, 2.75) is 38.6 Å². The van der Waals surface area contributed by atoms with E-state index in [0.29, 0.717) is 12.3 Å². The molecule has 1 aliphatic rings. The van der Waals surface area contributed by atoms with E-state index in [1.807, 2.05) is 0 Å². The van der Waals surface area contributed by atoms with Crippen LogP contribution in [0.15, 0.2) is 0 Å². The number of amides is 1. The Kier molecular flexibility index (Phi) is 3.28. The lowest BCUT2D eigenvalue weighted by molar-refractivity contribution is -0.141. The summed E-state index contributed by atoms with van der Waals surface area (Å²) < 4.78 is 0. The van der Waals surface area contributed by atoms with Crippen LogP contribution in [0.5, 0.6) is 0 Å². The van der Waals surface area contributed by atoms with Gasteiger partial charge in [0.15, 0.2) is 0 Å². The third kappa shape index (κ3) is 3.92. The second kappa shape index (κ2) is 4.25. The van der Waals surface area contributed by atoms with Gasteiger partial charge in [0.05, 0.1) is 0 Å². The summed E-state index contributed by atoms with van der Waals surface area (Å²) in [6.45, 7) is 1.47. The van der Waals surface area contributed by atoms with E-state index < -0.39 is 12.0 Å². The second-order valence-corrected chi connectivity index (χ2v) is 3.61. The molecule has 1 amide bonds. The van der Waals surface area contributed by atoms with E-state index in [1.165, 1.54) is 19.8 Å². The minimum Gasteiger partial charge on any atom is -0.480 e. The van der Waals surface area contributed by atoms with Crippen molar-refractivity contribution in [1.82, 2.24) is 5.32 Å². The highest BCUT2D eigenvalue weighted by atomic mass is 16.4. The number of nitrogens with one attached hydrogen (secondary N) is 1. The summed E-state index contributed by atoms with van der Waals surface area (Å²) in [5.74, 6) is -0.424. The van der Waals surface area contributed by atoms with E-state index in [4.69, 9.17) is 5.11 Å². The van der Waals surface area contributed by atoms with Crippen molar-refractivity contribution in [3.8, 4) is 0 Å². The Hall–Kier alpha value is -1.06. The standard InChI is InChI=1S/C9H15NO3/c1-6(9(12)13)10-8(11)5-4-7-2-3-7/h6-7H,2-5H2,1H3,(H,10,11)(H,12,13)/t6-/m1/s1. The number of carboxylic acids is 1. The molecule has 4 heteroatoms. The molecule has 0 unspecified atom stereocenters. The molecule has 0 bridgehead atoms. The Bertz CT molecular complexity index is 211. The Labute approximate surface area is 77.3 Å². The zero-order chi connectivity index (χ0) is 9.84. The van der Waals surface area contributed by atoms with Gasteiger partial charge in [-0.05, 0) is 19.3 Å². The Morgan fingerprint density at radius 1 is 1.54 bits per heavy atom. The summed E-state index contributed by atoms with van der Waals surface area (Å²) in [6.07, 6.45) is 3.81. The first-order chi connectivity index (χ1) is 6.09. The molecule has 0 radical (unpaired) electrons. The number of hydrogen-bond donors (Lipinski definition) is 2. The molecule has 2 N–H and O–H groups in total. The number of rotatable bonds is 5. The first kappa shape index (κ1) is 10.0. The largest absolute Gasteiger partial charge is 0.480 e. The number of carboxylic acid groups (broad SMARTS) is 1. The van der Waals surface area contributed by atoms with Crippen molar-refractivity contribution in [3.05, 3.63) is 0 Å². The van der Waals surface area contributed by atoms with Gasteiger partial charge in [0.1, 0.15) is 6.04 Å². The molecular weight excluding hydrogens is 170 g/mol. The molecule has 0 heterocycles. The molecule has 0 aromatic heterocycles. The molecule has 0 saturated heterocycles. The maximum absolute atomic E-state index is 11.1. The van der Waals surface area contributed by atoms with Crippen molar-refractivity contribution in [3.63, 3.8) is 0 Å². The molecule has 0 aromatic carbocycles. The summed E-state index contributed by atoms with van der Waals surface area (Å²) in [6, 6.07) is -0.772. The summed E-state index contributed by atoms with van der Waals surface area (Å²) >= 11 is 0. The predicted molar refractivity (Wildman–Crippen MR) is 47.2 cm³/mol. The van der Waals surface area contributed by atoms with Crippen molar-refractivity contribution in [1.29, 1.82) is 0 Å². The molecule has 1 rings (SSSR count). The van der Waals surface area contributed by atoms with Crippen molar-refractivity contribution in [2.75, 3.05) is 0 Å². The van der Waals surface area contributed by atoms with Gasteiger partial charge in [0, 0.05) is 6.42 Å². The third-order valence-corrected chi connectivity index (χ3v) is 2.22. The average Bonchev–Trinajstić information content (AvgIpc) is 2.83. The van der Waals surface area contributed by atoms with Gasteiger partial charge in [-0.15, -0.1) is 0 Å². The smallest absolute Gasteiger partial charge is 0.325 e. The Balaban J connectivity index is 2.11. The molecule has 1 atom stereocenters. The summed E-state index contributed by atoms with van der Waals surface area (Å²) in [7, 11) is 0. The van der Waals surface area contributed by atoms with E-state index in [9.17, 15) is 9.59 Å². The lowest BCUT2D eigenvalue weighted by Crippen LogP contribution is -2.38. The maximum atomic E-state index is 11.1. The minimum atomic E-state index is -0.986. The fourth-order valence-corrected chi connectivity index (χ4v) is 1.12. The molecular formula is C9H15NO3. The van der Waals surface area contributed by atoms with Crippen LogP contribution in [0.1, 0.15) is 32.6 Å². The van der Waals surface area contributed by atoms with Gasteiger partial charge >= 0.3 is 5.97 Å². The molecule has 0 spiro atoms. The van der Waals surface area contributed by atoms with Gasteiger partial charge in [-0.1, -0.05) is 12.8 Å². The molecule has 74 valence electrons. The zero-order valence-electron chi connectivity index (χ0n) is 7.75. The van der Waals surface area contributed by atoms with Crippen LogP contribution < -0.4 is 5.32 Å². The van der Waals surface area contributed by atoms with Crippen LogP contribution in [0, 0.1) is 5.92 Å². The van der Waals surface area contributed by atoms with Crippen LogP contribution in [-0.4, -0.2) is 23.0 Å². The van der Waals surface area contributed by atoms with Gasteiger partial charge in [-0.2, -0.15) is 0 Å². The highest BCUT2D eigenvalue weighted by Crippen LogP contribution is 2.33. The van der Waals surface area contributed by atoms with Gasteiger partial charge < -0.3 is 10.4 Å². The summed E-state index contributed by atoms with van der Waals surface area (Å²) in [5, 5.41) is 10.9. The van der Waals surface area contributed by atoms with Crippen molar-refractivity contribution >= 4 is 11.9 Å². The van der Waals surface area contributed by atoms with Crippen LogP contribution in [0.25, 0.3) is 0 Å². The van der Waals surface area contributed by atoms with E-state index in [-0.39, 0.29) is 5.91 Å². The van der Waals surface area contributed by atoms with E-state index in [2.05, 4.69) is 5.32 Å². The van der Waals surface area contributed by atoms with Crippen LogP contribution >= 0.6 is 0 Å². The van der Waals surface area contributed by atoms with Crippen LogP contribution in [0.3, 0.4) is 0 Å². The van der Waals surface area contributed by atoms with Gasteiger partial charge in [-0.3, -0.25) is 9.59 Å². The van der Waals surface area contributed by atoms with E-state index in [1.54, 1.807) is 0 Å². The number of carbonyl (C=O) groups excluding carboxylic acids is 1. The number of carbonyl (C=O) groups is 2. The average molecular weight is 185 g/mol. The predicted octanol–water partition coefficient (Wildman–Crippen LogP) is 0.766. The van der Waals surface area contributed by atoms with Crippen LogP contribution in [0.4, 0.5) is 0 Å². The highest BCUT2D eigenvalue weighted by Gasteiger charge is 2.22. The Morgan fingerprint density at radius 2 is 2.15 bits per heavy atom. The lowest BCUT2D eigenvalue weighted by atomic mass is 10.2. The quantitative estimate of drug-likeness (QED) is 0.664. The van der Waals surface area contributed by atoms with Crippen molar-refractivity contribution < 1.29 is 14.7 Å². The fraction of sp³-hybridized carbons (Fsp3) is 0.778. The van der Waals surface area contributed by atoms with Crippen LogP contribution in [0.2, 0.25) is 0 Å². The number of aliphatic carboxylic acids is 1. The van der Waals surface area contributed by atoms with Crippen LogP contribution in [-0.2, 0) is 9.59 Å². The molecule has 0 aromatic rings. The lowest BCUT2D eigenvalue weighted by Gasteiger charge is -2.08. The molecule has 13 heavy (non-hydrogen) atoms. The SMILES string of the molecule is C[C@@H](NC(=O)CCC1CC1)C(=O)O. The monoisotopic (exact) mass is 185 g/mol. The third-order valence-electron chi connectivity index (χ3n) is 2.22. The molecule has 4 nitrogen and oxygen atoms in total. The molecule has 1 aliphatic carbocycles. The van der Waals surface area contributed by atoms with Gasteiger partial charge in [-0.25, -0.2) is 0 Å². The first-order valence-corrected chi connectivity index (χ1v) is 4.61. The summed E-state index contributed by atoms with van der Waals surface area (Å²) in [5.41, 5.74) is 0. The molecule has 1 saturated carbocycles. The maximum Gasteiger partial charge on any atom is 0.325 e. The topological polar surface area (TPSA) is 66.4 Å². The van der Waals surface area contributed by atoms with Crippen molar-refractivity contribution in [2.24, 2.45) is 5.92 Å². The second-order valence-electron chi connectivity index (χ2n) is 3.61. The summed E-state index contributed by atoms with van der Waals surface area (Å²) in [4.78, 5) is 21.5. The van der Waals surface area contributed by atoms with Gasteiger partial charge in [0.25, 0.3) is 0 Å². The molecule has 1 fully saturated rings. The highest BCUT2D eigenvalue weighted by molar-refractivity contribution is 5.83. The normalized spacial score (nSPS) is 17.9. The minimum absolute atomic E-state index is 0.151. The fourth-order valence-electron chi connectivity index (χ4n) is 1.12. The molecule has 0 aliphatic heterocycles. The first-order valence-electron chi connectivity index (χ1n) is 4.61. The van der Waals surface area contributed by atoms with E-state index in [0.717, 1.165) is 6.42 Å².